The maximum atomic E-state index is 4.09. The summed E-state index contributed by atoms with van der Waals surface area (Å²) in [6, 6.07) is 0. The van der Waals surface area contributed by atoms with Crippen molar-refractivity contribution in [2.24, 2.45) is 4.99 Å². The van der Waals surface area contributed by atoms with Crippen molar-refractivity contribution in [3.05, 3.63) is 37.2 Å². The fraction of sp³-hybridized carbons (Fsp3) is 0. The Balaban J connectivity index is 3.00. The quantitative estimate of drug-likeness (QED) is 0.449. The number of H-pyrrole nitrogens is 1. The highest BCUT2D eigenvalue weighted by atomic mass is 32.1. The molecule has 0 radical (unpaired) electrons. The van der Waals surface area contributed by atoms with Crippen molar-refractivity contribution in [3.8, 4) is 0 Å². The molecule has 1 aromatic rings. The van der Waals surface area contributed by atoms with Gasteiger partial charge in [0.05, 0.1) is 0 Å². The average Bonchev–Trinajstić information content (AvgIpc) is 2.59. The summed E-state index contributed by atoms with van der Waals surface area (Å²) in [5, 5.41) is 8.00. The maximum Gasteiger partial charge on any atom is 0.185 e. The Kier molecular flexibility index (Phi) is 3.87. The minimum Gasteiger partial charge on any atom is -0.315 e. The molecule has 0 saturated heterocycles. The molecule has 0 saturated carbocycles. The van der Waals surface area contributed by atoms with Crippen molar-refractivity contribution >= 4 is 24.5 Å². The van der Waals surface area contributed by atoms with Crippen LogP contribution in [0.25, 0.3) is 5.70 Å². The number of nitrogens with zero attached hydrogens (tertiary/aromatic N) is 3. The van der Waals surface area contributed by atoms with Crippen LogP contribution in [0.1, 0.15) is 5.82 Å². The van der Waals surface area contributed by atoms with Crippen LogP contribution in [-0.2, 0) is 0 Å². The van der Waals surface area contributed by atoms with Crippen LogP contribution in [0.4, 0.5) is 0 Å². The van der Waals surface area contributed by atoms with Gasteiger partial charge in [-0.3, -0.25) is 4.99 Å². The molecule has 0 aliphatic heterocycles. The summed E-state index contributed by atoms with van der Waals surface area (Å²) in [6.07, 6.45) is 6.48. The molecule has 0 spiro atoms. The summed E-state index contributed by atoms with van der Waals surface area (Å²) in [6.45, 7) is 7.11. The van der Waals surface area contributed by atoms with E-state index in [-0.39, 0.29) is 0 Å². The van der Waals surface area contributed by atoms with Crippen LogP contribution in [0.15, 0.2) is 41.5 Å². The van der Waals surface area contributed by atoms with Gasteiger partial charge in [0.25, 0.3) is 0 Å². The first-order chi connectivity index (χ1) is 6.77. The number of aliphatic imine (C=N–C) groups is 1. The van der Waals surface area contributed by atoms with Gasteiger partial charge in [-0.15, -0.1) is 22.8 Å². The zero-order valence-electron chi connectivity index (χ0n) is 7.51. The molecule has 72 valence electrons. The van der Waals surface area contributed by atoms with Crippen LogP contribution in [0.5, 0.6) is 0 Å². The number of aromatic amines is 1. The Morgan fingerprint density at radius 3 is 2.64 bits per heavy atom. The zero-order valence-corrected chi connectivity index (χ0v) is 8.41. The summed E-state index contributed by atoms with van der Waals surface area (Å²) in [5.74, 6) is 0.549. The van der Waals surface area contributed by atoms with Crippen LogP contribution >= 0.6 is 12.6 Å². The molecule has 0 fully saturated rings. The van der Waals surface area contributed by atoms with Crippen LogP contribution in [-0.4, -0.2) is 21.4 Å². The third kappa shape index (κ3) is 2.70. The van der Waals surface area contributed by atoms with Gasteiger partial charge in [-0.2, -0.15) is 0 Å². The van der Waals surface area contributed by atoms with Gasteiger partial charge in [-0.1, -0.05) is 25.3 Å². The van der Waals surface area contributed by atoms with E-state index in [9.17, 15) is 0 Å². The predicted molar refractivity (Wildman–Crippen MR) is 60.5 cm³/mol. The van der Waals surface area contributed by atoms with Gasteiger partial charge in [0.2, 0.25) is 0 Å². The Labute approximate surface area is 87.6 Å². The molecule has 0 amide bonds. The molecule has 0 atom stereocenters. The number of nitrogens with one attached hydrogen (secondary N) is 1. The summed E-state index contributed by atoms with van der Waals surface area (Å²) >= 11 is 4.00. The molecular formula is C9H10N4S. The lowest BCUT2D eigenvalue weighted by Gasteiger charge is -1.92. The summed E-state index contributed by atoms with van der Waals surface area (Å²) in [4.78, 5) is 6.94. The fourth-order valence-corrected chi connectivity index (χ4v) is 0.947. The van der Waals surface area contributed by atoms with Gasteiger partial charge in [-0.05, 0) is 6.08 Å². The van der Waals surface area contributed by atoms with Gasteiger partial charge in [0, 0.05) is 6.21 Å². The SMILES string of the molecule is C=C/C=N\C(=C/C=C)c1nnc(S)[nH]1. The molecule has 0 aromatic carbocycles. The zero-order chi connectivity index (χ0) is 10.4. The molecular weight excluding hydrogens is 196 g/mol. The highest BCUT2D eigenvalue weighted by Gasteiger charge is 2.03. The van der Waals surface area contributed by atoms with Crippen LogP contribution < -0.4 is 0 Å². The first-order valence-electron chi connectivity index (χ1n) is 3.87. The van der Waals surface area contributed by atoms with E-state index in [4.69, 9.17) is 0 Å². The molecule has 0 aliphatic carbocycles. The third-order valence-corrected chi connectivity index (χ3v) is 1.51. The highest BCUT2D eigenvalue weighted by molar-refractivity contribution is 7.80. The number of aromatic nitrogens is 3. The van der Waals surface area contributed by atoms with E-state index in [2.05, 4.69) is 46.0 Å². The summed E-state index contributed by atoms with van der Waals surface area (Å²) in [7, 11) is 0. The molecule has 0 unspecified atom stereocenters. The monoisotopic (exact) mass is 206 g/mol. The predicted octanol–water partition coefficient (Wildman–Crippen LogP) is 1.88. The molecule has 1 rings (SSSR count). The van der Waals surface area contributed by atoms with Gasteiger partial charge >= 0.3 is 0 Å². The van der Waals surface area contributed by atoms with E-state index >= 15 is 0 Å². The van der Waals surface area contributed by atoms with Crippen LogP contribution in [0.3, 0.4) is 0 Å². The van der Waals surface area contributed by atoms with E-state index in [0.29, 0.717) is 16.7 Å². The van der Waals surface area contributed by atoms with Gasteiger partial charge in [0.1, 0.15) is 5.70 Å². The largest absolute Gasteiger partial charge is 0.315 e. The standard InChI is InChI=1S/C9H10N4S/c1-3-5-7(10-6-4-2)8-11-9(14)13-12-8/h3-6H,1-2H2,(H2,11,12,13,14)/b7-5-,10-6-. The van der Waals surface area contributed by atoms with Crippen molar-refractivity contribution in [2.45, 2.75) is 5.16 Å². The number of hydrogen-bond acceptors (Lipinski definition) is 4. The van der Waals surface area contributed by atoms with E-state index < -0.39 is 0 Å². The second kappa shape index (κ2) is 5.18. The summed E-state index contributed by atoms with van der Waals surface area (Å²) in [5.41, 5.74) is 0.632. The molecule has 5 heteroatoms. The first kappa shape index (κ1) is 10.5. The van der Waals surface area contributed by atoms with Crippen molar-refractivity contribution in [3.63, 3.8) is 0 Å². The normalized spacial score (nSPS) is 11.9. The average molecular weight is 206 g/mol. The Bertz CT molecular complexity index is 389. The minimum atomic E-state index is 0.448. The number of thiol groups is 1. The van der Waals surface area contributed by atoms with E-state index in [1.165, 1.54) is 0 Å². The Hall–Kier alpha value is -1.62. The number of rotatable bonds is 4. The minimum absolute atomic E-state index is 0.448. The topological polar surface area (TPSA) is 53.9 Å². The second-order valence-electron chi connectivity index (χ2n) is 2.30. The molecule has 4 nitrogen and oxygen atoms in total. The van der Waals surface area contributed by atoms with Crippen molar-refractivity contribution in [1.82, 2.24) is 15.2 Å². The lowest BCUT2D eigenvalue weighted by atomic mass is 10.4. The van der Waals surface area contributed by atoms with Gasteiger partial charge < -0.3 is 4.98 Å². The van der Waals surface area contributed by atoms with Crippen molar-refractivity contribution in [2.75, 3.05) is 0 Å². The van der Waals surface area contributed by atoms with Crippen molar-refractivity contribution in [1.29, 1.82) is 0 Å². The molecule has 14 heavy (non-hydrogen) atoms. The number of hydrogen-bond donors (Lipinski definition) is 2. The second-order valence-corrected chi connectivity index (χ2v) is 2.72. The third-order valence-electron chi connectivity index (χ3n) is 1.31. The van der Waals surface area contributed by atoms with E-state index in [1.807, 2.05) is 0 Å². The highest BCUT2D eigenvalue weighted by Crippen LogP contribution is 2.11. The molecule has 1 aromatic heterocycles. The Morgan fingerprint density at radius 1 is 1.36 bits per heavy atom. The lowest BCUT2D eigenvalue weighted by molar-refractivity contribution is 0.978. The fourth-order valence-electron chi connectivity index (χ4n) is 0.796. The molecule has 0 aliphatic rings. The Morgan fingerprint density at radius 2 is 2.14 bits per heavy atom. The number of allylic oxidation sites excluding steroid dienone is 3. The van der Waals surface area contributed by atoms with Crippen molar-refractivity contribution < 1.29 is 0 Å². The molecule has 1 N–H and O–H groups in total. The molecule has 1 heterocycles. The smallest absolute Gasteiger partial charge is 0.185 e. The van der Waals surface area contributed by atoms with Gasteiger partial charge in [0.15, 0.2) is 11.0 Å². The first-order valence-corrected chi connectivity index (χ1v) is 4.32. The van der Waals surface area contributed by atoms with Crippen LogP contribution in [0, 0.1) is 0 Å². The summed E-state index contributed by atoms with van der Waals surface area (Å²) < 4.78 is 0. The van der Waals surface area contributed by atoms with E-state index in [1.54, 1.807) is 24.4 Å². The van der Waals surface area contributed by atoms with E-state index in [0.717, 1.165) is 0 Å². The lowest BCUT2D eigenvalue weighted by Crippen LogP contribution is -1.84. The van der Waals surface area contributed by atoms with Gasteiger partial charge in [-0.25, -0.2) is 0 Å². The maximum absolute atomic E-state index is 4.09. The molecule has 0 bridgehead atoms. The van der Waals surface area contributed by atoms with Crippen LogP contribution in [0.2, 0.25) is 0 Å².